The van der Waals surface area contributed by atoms with Gasteiger partial charge in [-0.15, -0.1) is 0 Å². The molecule has 2 N–H and O–H groups in total. The lowest BCUT2D eigenvalue weighted by molar-refractivity contribution is -0.174. The first kappa shape index (κ1) is 10.8. The minimum absolute atomic E-state index is 0.0903. The van der Waals surface area contributed by atoms with Gasteiger partial charge in [0, 0.05) is 0 Å². The Kier molecular flexibility index (Phi) is 5.32. The molecular formula is C7H15F2NO. The van der Waals surface area contributed by atoms with Crippen molar-refractivity contribution in [3.05, 3.63) is 0 Å². The van der Waals surface area contributed by atoms with Crippen LogP contribution >= 0.6 is 0 Å². The highest BCUT2D eigenvalue weighted by Crippen LogP contribution is 2.13. The Balaban J connectivity index is 3.69. The molecule has 0 amide bonds. The van der Waals surface area contributed by atoms with Crippen LogP contribution in [0.1, 0.15) is 20.3 Å². The topological polar surface area (TPSA) is 35.2 Å². The molecule has 1 unspecified atom stereocenters. The van der Waals surface area contributed by atoms with Gasteiger partial charge in [0.25, 0.3) is 0 Å². The third kappa shape index (κ3) is 5.09. The van der Waals surface area contributed by atoms with E-state index in [0.29, 0.717) is 13.0 Å². The molecule has 0 aliphatic heterocycles. The highest BCUT2D eigenvalue weighted by molar-refractivity contribution is 4.62. The number of rotatable bonds is 5. The van der Waals surface area contributed by atoms with Crippen LogP contribution in [0.15, 0.2) is 0 Å². The lowest BCUT2D eigenvalue weighted by atomic mass is 10.0. The summed E-state index contributed by atoms with van der Waals surface area (Å²) in [5, 5.41) is 0. The number of ether oxygens (including phenoxy) is 1. The maximum Gasteiger partial charge on any atom is 0.345 e. The average Bonchev–Trinajstić information content (AvgIpc) is 1.86. The Morgan fingerprint density at radius 1 is 1.36 bits per heavy atom. The van der Waals surface area contributed by atoms with Crippen LogP contribution in [0.3, 0.4) is 0 Å². The van der Waals surface area contributed by atoms with Gasteiger partial charge < -0.3 is 10.5 Å². The van der Waals surface area contributed by atoms with E-state index in [2.05, 4.69) is 4.74 Å². The van der Waals surface area contributed by atoms with Crippen LogP contribution in [0.25, 0.3) is 0 Å². The molecule has 1 atom stereocenters. The van der Waals surface area contributed by atoms with Gasteiger partial charge in [0.1, 0.15) is 0 Å². The van der Waals surface area contributed by atoms with E-state index >= 15 is 0 Å². The minimum atomic E-state index is -2.69. The second-order valence-corrected chi connectivity index (χ2v) is 2.76. The number of alkyl halides is 2. The maximum atomic E-state index is 11.7. The Bertz CT molecular complexity index is 98.4. The number of nitrogens with two attached hydrogens (primary N) is 1. The van der Waals surface area contributed by atoms with Crippen LogP contribution < -0.4 is 5.73 Å². The summed E-state index contributed by atoms with van der Waals surface area (Å²) in [5.41, 5.74) is 5.22. The summed E-state index contributed by atoms with van der Waals surface area (Å²) >= 11 is 0. The fourth-order valence-corrected chi connectivity index (χ4v) is 0.855. The second-order valence-electron chi connectivity index (χ2n) is 2.76. The van der Waals surface area contributed by atoms with Crippen LogP contribution in [0.4, 0.5) is 8.78 Å². The largest absolute Gasteiger partial charge is 0.345 e. The fraction of sp³-hybridized carbons (Fsp3) is 1.00. The molecule has 11 heavy (non-hydrogen) atoms. The molecule has 0 radical (unpaired) electrons. The molecule has 0 rings (SSSR count). The molecule has 68 valence electrons. The van der Waals surface area contributed by atoms with E-state index < -0.39 is 12.7 Å². The zero-order valence-corrected chi connectivity index (χ0v) is 6.89. The maximum absolute atomic E-state index is 11.7. The summed E-state index contributed by atoms with van der Waals surface area (Å²) in [6, 6.07) is 0. The van der Waals surface area contributed by atoms with Crippen molar-refractivity contribution in [2.45, 2.75) is 33.0 Å². The van der Waals surface area contributed by atoms with Crippen molar-refractivity contribution in [3.63, 3.8) is 0 Å². The summed E-state index contributed by atoms with van der Waals surface area (Å²) in [4.78, 5) is 0. The van der Waals surface area contributed by atoms with Crippen molar-refractivity contribution >= 4 is 0 Å². The second kappa shape index (κ2) is 5.43. The zero-order valence-electron chi connectivity index (χ0n) is 6.89. The minimum Gasteiger partial charge on any atom is -0.330 e. The SMILES string of the molecule is CC(C)C(CCN)OC(F)F. The van der Waals surface area contributed by atoms with Crippen molar-refractivity contribution in [1.82, 2.24) is 0 Å². The third-order valence-electron chi connectivity index (χ3n) is 1.47. The Morgan fingerprint density at radius 3 is 2.18 bits per heavy atom. The zero-order chi connectivity index (χ0) is 8.85. The van der Waals surface area contributed by atoms with E-state index in [4.69, 9.17) is 5.73 Å². The average molecular weight is 167 g/mol. The first-order valence-electron chi connectivity index (χ1n) is 3.71. The summed E-state index contributed by atoms with van der Waals surface area (Å²) in [6.07, 6.45) is 0.0714. The monoisotopic (exact) mass is 167 g/mol. The van der Waals surface area contributed by atoms with Gasteiger partial charge in [-0.2, -0.15) is 8.78 Å². The fourth-order valence-electron chi connectivity index (χ4n) is 0.855. The third-order valence-corrected chi connectivity index (χ3v) is 1.47. The lowest BCUT2D eigenvalue weighted by Crippen LogP contribution is -2.25. The lowest BCUT2D eigenvalue weighted by Gasteiger charge is -2.19. The molecule has 0 aliphatic carbocycles. The van der Waals surface area contributed by atoms with Gasteiger partial charge in [-0.25, -0.2) is 0 Å². The molecule has 0 aromatic carbocycles. The highest BCUT2D eigenvalue weighted by Gasteiger charge is 2.17. The predicted molar refractivity (Wildman–Crippen MR) is 39.4 cm³/mol. The van der Waals surface area contributed by atoms with Gasteiger partial charge in [0.15, 0.2) is 0 Å². The van der Waals surface area contributed by atoms with E-state index in [1.165, 1.54) is 0 Å². The van der Waals surface area contributed by atoms with Gasteiger partial charge in [0.2, 0.25) is 0 Å². The Labute approximate surface area is 65.7 Å². The van der Waals surface area contributed by atoms with Gasteiger partial charge in [-0.1, -0.05) is 13.8 Å². The highest BCUT2D eigenvalue weighted by atomic mass is 19.3. The van der Waals surface area contributed by atoms with Crippen LogP contribution in [-0.2, 0) is 4.74 Å². The van der Waals surface area contributed by atoms with Crippen LogP contribution in [0, 0.1) is 5.92 Å². The molecule has 0 fully saturated rings. The van der Waals surface area contributed by atoms with E-state index in [-0.39, 0.29) is 5.92 Å². The summed E-state index contributed by atoms with van der Waals surface area (Å²) in [5.74, 6) is 0.0903. The first-order valence-corrected chi connectivity index (χ1v) is 3.71. The molecular weight excluding hydrogens is 152 g/mol. The standard InChI is InChI=1S/C7H15F2NO/c1-5(2)6(3-4-10)11-7(8)9/h5-7H,3-4,10H2,1-2H3. The molecule has 0 saturated carbocycles. The van der Waals surface area contributed by atoms with Crippen molar-refractivity contribution in [1.29, 1.82) is 0 Å². The van der Waals surface area contributed by atoms with Crippen LogP contribution in [-0.4, -0.2) is 19.3 Å². The molecule has 0 aromatic heterocycles. The number of halogens is 2. The van der Waals surface area contributed by atoms with Gasteiger partial charge in [-0.3, -0.25) is 0 Å². The molecule has 0 aromatic rings. The predicted octanol–water partition coefficient (Wildman–Crippen LogP) is 1.60. The van der Waals surface area contributed by atoms with Crippen LogP contribution in [0.2, 0.25) is 0 Å². The van der Waals surface area contributed by atoms with Crippen molar-refractivity contribution in [2.75, 3.05) is 6.54 Å². The van der Waals surface area contributed by atoms with E-state index in [9.17, 15) is 8.78 Å². The van der Waals surface area contributed by atoms with Gasteiger partial charge >= 0.3 is 6.61 Å². The number of hydrogen-bond acceptors (Lipinski definition) is 2. The van der Waals surface area contributed by atoms with E-state index in [0.717, 1.165) is 0 Å². The Hall–Kier alpha value is -0.220. The molecule has 0 heterocycles. The summed E-state index contributed by atoms with van der Waals surface area (Å²) in [6.45, 7) is 1.37. The van der Waals surface area contributed by atoms with E-state index in [1.54, 1.807) is 0 Å². The van der Waals surface area contributed by atoms with Gasteiger partial charge in [0.05, 0.1) is 6.10 Å². The quantitative estimate of drug-likeness (QED) is 0.675. The molecule has 0 saturated heterocycles. The molecule has 0 spiro atoms. The van der Waals surface area contributed by atoms with Crippen molar-refractivity contribution in [3.8, 4) is 0 Å². The van der Waals surface area contributed by atoms with E-state index in [1.807, 2.05) is 13.8 Å². The van der Waals surface area contributed by atoms with Crippen molar-refractivity contribution < 1.29 is 13.5 Å². The molecule has 2 nitrogen and oxygen atoms in total. The summed E-state index contributed by atoms with van der Waals surface area (Å²) in [7, 11) is 0. The van der Waals surface area contributed by atoms with Crippen LogP contribution in [0.5, 0.6) is 0 Å². The first-order chi connectivity index (χ1) is 5.07. The van der Waals surface area contributed by atoms with Gasteiger partial charge in [-0.05, 0) is 18.9 Å². The summed E-state index contributed by atoms with van der Waals surface area (Å²) < 4.78 is 27.7. The molecule has 4 heteroatoms. The number of hydrogen-bond donors (Lipinski definition) is 1. The Morgan fingerprint density at radius 2 is 1.91 bits per heavy atom. The van der Waals surface area contributed by atoms with Crippen molar-refractivity contribution in [2.24, 2.45) is 11.7 Å². The molecule has 0 bridgehead atoms. The molecule has 0 aliphatic rings. The smallest absolute Gasteiger partial charge is 0.330 e. The normalized spacial score (nSPS) is 14.5.